The minimum absolute atomic E-state index is 0.238. The number of aromatic nitrogens is 2. The third kappa shape index (κ3) is 4.79. The number of halogens is 1. The highest BCUT2D eigenvalue weighted by Gasteiger charge is 2.19. The summed E-state index contributed by atoms with van der Waals surface area (Å²) in [5.41, 5.74) is 1.73. The van der Waals surface area contributed by atoms with Crippen LogP contribution < -0.4 is 11.0 Å². The van der Waals surface area contributed by atoms with Gasteiger partial charge in [-0.3, -0.25) is 9.36 Å². The molecule has 0 aliphatic heterocycles. The summed E-state index contributed by atoms with van der Waals surface area (Å²) in [7, 11) is -3.66. The molecule has 1 aromatic heterocycles. The lowest BCUT2D eigenvalue weighted by atomic mass is 10.2. The highest BCUT2D eigenvalue weighted by atomic mass is 79.9. The Kier molecular flexibility index (Phi) is 5.85. The molecule has 3 aromatic rings. The average molecular weight is 464 g/mol. The first-order valence-corrected chi connectivity index (χ1v) is 11.0. The van der Waals surface area contributed by atoms with Crippen molar-refractivity contribution in [1.29, 1.82) is 0 Å². The van der Waals surface area contributed by atoms with Crippen LogP contribution in [-0.4, -0.2) is 29.6 Å². The van der Waals surface area contributed by atoms with Crippen LogP contribution >= 0.6 is 15.9 Å². The molecule has 0 saturated heterocycles. The van der Waals surface area contributed by atoms with Crippen LogP contribution in [0.15, 0.2) is 64.0 Å². The Morgan fingerprint density at radius 1 is 1.18 bits per heavy atom. The number of benzene rings is 2. The molecule has 9 heteroatoms. The molecule has 3 rings (SSSR count). The van der Waals surface area contributed by atoms with Gasteiger partial charge in [0.15, 0.2) is 9.84 Å². The van der Waals surface area contributed by atoms with Crippen molar-refractivity contribution in [3.8, 4) is 5.69 Å². The number of hydrogen-bond acceptors (Lipinski definition) is 4. The Labute approximate surface area is 170 Å². The van der Waals surface area contributed by atoms with Crippen molar-refractivity contribution in [2.45, 2.75) is 12.7 Å². The number of nitrogens with zero attached hydrogens (tertiary/aromatic N) is 1. The van der Waals surface area contributed by atoms with E-state index in [1.165, 1.54) is 4.57 Å². The molecule has 0 spiro atoms. The molecule has 146 valence electrons. The predicted molar refractivity (Wildman–Crippen MR) is 111 cm³/mol. The van der Waals surface area contributed by atoms with E-state index in [0.717, 1.165) is 4.47 Å². The van der Waals surface area contributed by atoms with Gasteiger partial charge in [-0.15, -0.1) is 0 Å². The summed E-state index contributed by atoms with van der Waals surface area (Å²) < 4.78 is 27.0. The van der Waals surface area contributed by atoms with Gasteiger partial charge in [0.05, 0.1) is 17.1 Å². The Morgan fingerprint density at radius 2 is 1.93 bits per heavy atom. The number of anilines is 1. The van der Waals surface area contributed by atoms with Gasteiger partial charge in [0, 0.05) is 16.4 Å². The number of amides is 1. The van der Waals surface area contributed by atoms with E-state index in [2.05, 4.69) is 26.2 Å². The molecule has 0 unspecified atom stereocenters. The van der Waals surface area contributed by atoms with E-state index in [0.29, 0.717) is 22.6 Å². The second-order valence-electron chi connectivity index (χ2n) is 6.30. The lowest BCUT2D eigenvalue weighted by molar-refractivity contribution is -0.113. The van der Waals surface area contributed by atoms with Gasteiger partial charge >= 0.3 is 5.69 Å². The maximum Gasteiger partial charge on any atom is 0.330 e. The Morgan fingerprint density at radius 3 is 2.61 bits per heavy atom. The van der Waals surface area contributed by atoms with E-state index in [9.17, 15) is 18.0 Å². The van der Waals surface area contributed by atoms with Crippen molar-refractivity contribution in [1.82, 2.24) is 9.55 Å². The van der Waals surface area contributed by atoms with Crippen LogP contribution in [0, 0.1) is 6.92 Å². The fourth-order valence-corrected chi connectivity index (χ4v) is 4.55. The molecule has 0 bridgehead atoms. The van der Waals surface area contributed by atoms with Crippen LogP contribution in [-0.2, 0) is 20.4 Å². The second kappa shape index (κ2) is 8.15. The molecule has 2 N–H and O–H groups in total. The normalized spacial score (nSPS) is 11.4. The van der Waals surface area contributed by atoms with Gasteiger partial charge in [-0.2, -0.15) is 0 Å². The fraction of sp³-hybridized carbons (Fsp3) is 0.158. The lowest BCUT2D eigenvalue weighted by Crippen LogP contribution is -2.25. The van der Waals surface area contributed by atoms with Crippen molar-refractivity contribution < 1.29 is 13.2 Å². The Bertz CT molecular complexity index is 1180. The van der Waals surface area contributed by atoms with Crippen molar-refractivity contribution in [2.75, 3.05) is 11.1 Å². The smallest absolute Gasteiger partial charge is 0.323 e. The Balaban J connectivity index is 1.78. The molecule has 7 nitrogen and oxygen atoms in total. The van der Waals surface area contributed by atoms with Gasteiger partial charge in [-0.05, 0) is 36.8 Å². The number of imidazole rings is 1. The molecule has 28 heavy (non-hydrogen) atoms. The standard InChI is InChI=1S/C19H18BrN3O4S/c1-13-10-21-19(25)23(13)17-8-3-2-7-16(17)22-18(24)12-28(26,27)11-14-5-4-6-15(20)9-14/h2-10H,11-12H2,1H3,(H,21,25)(H,22,24). The summed E-state index contributed by atoms with van der Waals surface area (Å²) in [6.07, 6.45) is 1.56. The molecule has 0 radical (unpaired) electrons. The first kappa shape index (κ1) is 20.1. The van der Waals surface area contributed by atoms with Crippen LogP contribution in [0.5, 0.6) is 0 Å². The molecular weight excluding hydrogens is 446 g/mol. The summed E-state index contributed by atoms with van der Waals surface area (Å²) in [6.45, 7) is 1.75. The number of aryl methyl sites for hydroxylation is 1. The SMILES string of the molecule is Cc1c[nH]c(=O)n1-c1ccccc1NC(=O)CS(=O)(=O)Cc1cccc(Br)c1. The van der Waals surface area contributed by atoms with Crippen LogP contribution in [0.4, 0.5) is 5.69 Å². The zero-order chi connectivity index (χ0) is 20.3. The Hall–Kier alpha value is -2.65. The van der Waals surface area contributed by atoms with Gasteiger partial charge < -0.3 is 10.3 Å². The van der Waals surface area contributed by atoms with Gasteiger partial charge in [0.1, 0.15) is 5.75 Å². The maximum atomic E-state index is 12.4. The molecule has 0 aliphatic carbocycles. The van der Waals surface area contributed by atoms with Crippen molar-refractivity contribution >= 4 is 37.4 Å². The van der Waals surface area contributed by atoms with Crippen LogP contribution in [0.25, 0.3) is 5.69 Å². The van der Waals surface area contributed by atoms with Crippen LogP contribution in [0.3, 0.4) is 0 Å². The number of H-pyrrole nitrogens is 1. The number of carbonyl (C=O) groups is 1. The number of aromatic amines is 1. The highest BCUT2D eigenvalue weighted by Crippen LogP contribution is 2.20. The predicted octanol–water partition coefficient (Wildman–Crippen LogP) is 2.79. The van der Waals surface area contributed by atoms with E-state index in [1.807, 2.05) is 0 Å². The lowest BCUT2D eigenvalue weighted by Gasteiger charge is -2.12. The quantitative estimate of drug-likeness (QED) is 0.586. The molecule has 0 aliphatic rings. The summed E-state index contributed by atoms with van der Waals surface area (Å²) in [6, 6.07) is 13.6. The summed E-state index contributed by atoms with van der Waals surface area (Å²) >= 11 is 3.30. The number of carbonyl (C=O) groups excluding carboxylic acids is 1. The molecule has 1 heterocycles. The summed E-state index contributed by atoms with van der Waals surface area (Å²) in [5, 5.41) is 2.61. The number of rotatable bonds is 6. The third-order valence-corrected chi connectivity index (χ3v) is 5.97. The average Bonchev–Trinajstić information content (AvgIpc) is 2.93. The zero-order valence-corrected chi connectivity index (χ0v) is 17.4. The van der Waals surface area contributed by atoms with Gasteiger partial charge in [-0.1, -0.05) is 40.2 Å². The van der Waals surface area contributed by atoms with Gasteiger partial charge in [0.25, 0.3) is 0 Å². The van der Waals surface area contributed by atoms with Gasteiger partial charge in [0.2, 0.25) is 5.91 Å². The molecule has 2 aromatic carbocycles. The van der Waals surface area contributed by atoms with Crippen LogP contribution in [0.1, 0.15) is 11.3 Å². The van der Waals surface area contributed by atoms with E-state index in [4.69, 9.17) is 0 Å². The maximum absolute atomic E-state index is 12.4. The van der Waals surface area contributed by atoms with Crippen molar-refractivity contribution in [3.63, 3.8) is 0 Å². The van der Waals surface area contributed by atoms with E-state index in [-0.39, 0.29) is 11.4 Å². The molecule has 0 fully saturated rings. The zero-order valence-electron chi connectivity index (χ0n) is 15.0. The minimum Gasteiger partial charge on any atom is -0.323 e. The summed E-state index contributed by atoms with van der Waals surface area (Å²) in [5.74, 6) is -1.56. The molecule has 0 atom stereocenters. The first-order valence-electron chi connectivity index (χ1n) is 8.36. The molecular formula is C19H18BrN3O4S. The largest absolute Gasteiger partial charge is 0.330 e. The number of para-hydroxylation sites is 2. The van der Waals surface area contributed by atoms with Crippen LogP contribution in [0.2, 0.25) is 0 Å². The van der Waals surface area contributed by atoms with E-state index >= 15 is 0 Å². The number of sulfone groups is 1. The minimum atomic E-state index is -3.66. The topological polar surface area (TPSA) is 101 Å². The van der Waals surface area contributed by atoms with Crippen molar-refractivity contribution in [3.05, 3.63) is 80.9 Å². The third-order valence-electron chi connectivity index (χ3n) is 4.01. The van der Waals surface area contributed by atoms with E-state index < -0.39 is 21.5 Å². The van der Waals surface area contributed by atoms with E-state index in [1.54, 1.807) is 61.7 Å². The summed E-state index contributed by atoms with van der Waals surface area (Å²) in [4.78, 5) is 27.0. The van der Waals surface area contributed by atoms with Gasteiger partial charge in [-0.25, -0.2) is 13.2 Å². The number of nitrogens with one attached hydrogen (secondary N) is 2. The van der Waals surface area contributed by atoms with Crippen molar-refractivity contribution in [2.24, 2.45) is 0 Å². The first-order chi connectivity index (χ1) is 13.2. The monoisotopic (exact) mass is 463 g/mol. The fourth-order valence-electron chi connectivity index (χ4n) is 2.85. The second-order valence-corrected chi connectivity index (χ2v) is 9.28. The number of hydrogen-bond donors (Lipinski definition) is 2. The highest BCUT2D eigenvalue weighted by molar-refractivity contribution is 9.10. The molecule has 1 amide bonds. The molecule has 0 saturated carbocycles.